The van der Waals surface area contributed by atoms with Gasteiger partial charge in [-0.3, -0.25) is 9.69 Å². The highest BCUT2D eigenvalue weighted by Gasteiger charge is 2.59. The fourth-order valence-corrected chi connectivity index (χ4v) is 5.30. The van der Waals surface area contributed by atoms with Gasteiger partial charge < -0.3 is 19.7 Å². The van der Waals surface area contributed by atoms with Gasteiger partial charge in [-0.1, -0.05) is 18.2 Å². The maximum absolute atomic E-state index is 13.6. The van der Waals surface area contributed by atoms with E-state index >= 15 is 0 Å². The molecule has 1 saturated heterocycles. The van der Waals surface area contributed by atoms with Crippen molar-refractivity contribution in [2.75, 3.05) is 49.9 Å². The lowest BCUT2D eigenvalue weighted by Gasteiger charge is -2.33. The third-order valence-electron chi connectivity index (χ3n) is 5.21. The Hall–Kier alpha value is -2.71. The van der Waals surface area contributed by atoms with Crippen LogP contribution < -0.4 is 15.0 Å². The van der Waals surface area contributed by atoms with Gasteiger partial charge in [-0.05, 0) is 30.3 Å². The number of methoxy groups -OCH3 is 2. The Bertz CT molecular complexity index is 920. The minimum Gasteiger partial charge on any atom is -0.497 e. The first-order valence-corrected chi connectivity index (χ1v) is 10.4. The fraction of sp³-hybridized carbons (Fsp3) is 0.333. The maximum Gasteiger partial charge on any atom is 0.323 e. The summed E-state index contributed by atoms with van der Waals surface area (Å²) >= 11 is 1.51. The lowest BCUT2D eigenvalue weighted by molar-refractivity contribution is -0.123. The number of ether oxygens (including phenoxy) is 2. The van der Waals surface area contributed by atoms with Crippen LogP contribution in [0, 0.1) is 0 Å². The van der Waals surface area contributed by atoms with Crippen molar-refractivity contribution in [3.05, 3.63) is 54.1 Å². The number of fused-ring (bicyclic) bond motifs is 2. The van der Waals surface area contributed by atoms with Crippen LogP contribution in [-0.4, -0.2) is 56.5 Å². The molecule has 2 aliphatic heterocycles. The van der Waals surface area contributed by atoms with Crippen LogP contribution in [0.5, 0.6) is 5.75 Å². The highest BCUT2D eigenvalue weighted by atomic mass is 32.2. The zero-order chi connectivity index (χ0) is 20.4. The predicted molar refractivity (Wildman–Crippen MR) is 114 cm³/mol. The monoisotopic (exact) mass is 413 g/mol. The Kier molecular flexibility index (Phi) is 5.38. The molecule has 1 N–H and O–H groups in total. The van der Waals surface area contributed by atoms with Gasteiger partial charge in [0.15, 0.2) is 4.87 Å². The summed E-state index contributed by atoms with van der Waals surface area (Å²) in [6.07, 6.45) is 0. The summed E-state index contributed by atoms with van der Waals surface area (Å²) in [5.74, 6) is 1.31. The zero-order valence-corrected chi connectivity index (χ0v) is 17.2. The lowest BCUT2D eigenvalue weighted by atomic mass is 10.1. The summed E-state index contributed by atoms with van der Waals surface area (Å²) in [5, 5.41) is 2.92. The van der Waals surface area contributed by atoms with Crippen LogP contribution in [0.4, 0.5) is 16.2 Å². The summed E-state index contributed by atoms with van der Waals surface area (Å²) in [4.78, 5) is 29.1. The van der Waals surface area contributed by atoms with Crippen LogP contribution >= 0.6 is 11.8 Å². The molecule has 8 heteroatoms. The molecule has 2 aliphatic rings. The van der Waals surface area contributed by atoms with Crippen LogP contribution in [0.1, 0.15) is 5.56 Å². The number of hydrogen-bond donors (Lipinski definition) is 1. The normalized spacial score (nSPS) is 20.3. The first kappa shape index (κ1) is 19.6. The third kappa shape index (κ3) is 3.22. The molecular weight excluding hydrogens is 390 g/mol. The van der Waals surface area contributed by atoms with Gasteiger partial charge in [-0.25, -0.2) is 4.79 Å². The molecule has 3 amide bonds. The molecule has 1 atom stereocenters. The van der Waals surface area contributed by atoms with E-state index in [1.807, 2.05) is 24.3 Å². The van der Waals surface area contributed by atoms with E-state index in [1.54, 1.807) is 48.3 Å². The van der Waals surface area contributed by atoms with Gasteiger partial charge in [0, 0.05) is 37.2 Å². The number of hydrogen-bond acceptors (Lipinski definition) is 5. The minimum absolute atomic E-state index is 0.0943. The first-order valence-electron chi connectivity index (χ1n) is 9.39. The number of nitrogens with zero attached hydrogens (tertiary/aromatic N) is 2. The molecule has 0 radical (unpaired) electrons. The highest BCUT2D eigenvalue weighted by Crippen LogP contribution is 2.54. The number of thioether (sulfide) groups is 1. The molecule has 4 rings (SSSR count). The van der Waals surface area contributed by atoms with Crippen LogP contribution in [-0.2, 0) is 14.4 Å². The highest BCUT2D eigenvalue weighted by molar-refractivity contribution is 8.01. The number of urea groups is 1. The van der Waals surface area contributed by atoms with Gasteiger partial charge in [0.05, 0.1) is 19.4 Å². The van der Waals surface area contributed by atoms with E-state index in [-0.39, 0.29) is 11.9 Å². The fourth-order valence-electron chi connectivity index (χ4n) is 3.84. The molecular formula is C21H23N3O4S. The maximum atomic E-state index is 13.6. The molecule has 152 valence electrons. The molecule has 0 aliphatic carbocycles. The first-order chi connectivity index (χ1) is 14.1. The second-order valence-corrected chi connectivity index (χ2v) is 8.06. The van der Waals surface area contributed by atoms with Gasteiger partial charge in [0.2, 0.25) is 0 Å². The number of carbonyl (C=O) groups excluding carboxylic acids is 2. The van der Waals surface area contributed by atoms with Crippen molar-refractivity contribution in [1.29, 1.82) is 0 Å². The molecule has 1 unspecified atom stereocenters. The molecule has 2 aromatic carbocycles. The number of amides is 3. The van der Waals surface area contributed by atoms with E-state index in [0.717, 1.165) is 11.3 Å². The van der Waals surface area contributed by atoms with Crippen molar-refractivity contribution >= 4 is 35.1 Å². The molecule has 1 fully saturated rings. The summed E-state index contributed by atoms with van der Waals surface area (Å²) < 4.78 is 10.3. The Morgan fingerprint density at radius 3 is 2.66 bits per heavy atom. The Morgan fingerprint density at radius 2 is 1.93 bits per heavy atom. The second kappa shape index (κ2) is 7.96. The van der Waals surface area contributed by atoms with Gasteiger partial charge in [-0.2, -0.15) is 0 Å². The molecule has 29 heavy (non-hydrogen) atoms. The lowest BCUT2D eigenvalue weighted by Crippen LogP contribution is -2.52. The summed E-state index contributed by atoms with van der Waals surface area (Å²) in [5.41, 5.74) is 2.34. The SMILES string of the molecule is COCCN1C(=O)C2(SCCN2C(=O)Nc2ccc(OC)cc2)c2ccccc21. The van der Waals surface area contributed by atoms with Gasteiger partial charge in [0.25, 0.3) is 5.91 Å². The van der Waals surface area contributed by atoms with Gasteiger partial charge in [-0.15, -0.1) is 11.8 Å². The standard InChI is InChI=1S/C21H23N3O4S/c1-27-13-11-23-18-6-4-3-5-17(18)21(19(23)25)24(12-14-29-21)20(26)22-15-7-9-16(28-2)10-8-15/h3-10H,11-14H2,1-2H3,(H,22,26). The van der Waals surface area contributed by atoms with Crippen LogP contribution in [0.2, 0.25) is 0 Å². The van der Waals surface area contributed by atoms with E-state index in [4.69, 9.17) is 9.47 Å². The van der Waals surface area contributed by atoms with Crippen molar-refractivity contribution in [3.8, 4) is 5.75 Å². The van der Waals surface area contributed by atoms with Crippen molar-refractivity contribution in [1.82, 2.24) is 4.90 Å². The van der Waals surface area contributed by atoms with Crippen LogP contribution in [0.15, 0.2) is 48.5 Å². The summed E-state index contributed by atoms with van der Waals surface area (Å²) in [7, 11) is 3.21. The summed E-state index contributed by atoms with van der Waals surface area (Å²) in [6.45, 7) is 1.37. The smallest absolute Gasteiger partial charge is 0.323 e. The van der Waals surface area contributed by atoms with Crippen molar-refractivity contribution in [2.24, 2.45) is 0 Å². The number of nitrogens with one attached hydrogen (secondary N) is 1. The number of anilines is 2. The average Bonchev–Trinajstić information content (AvgIpc) is 3.29. The Labute approximate surface area is 174 Å². The van der Waals surface area contributed by atoms with Crippen molar-refractivity contribution in [2.45, 2.75) is 4.87 Å². The summed E-state index contributed by atoms with van der Waals surface area (Å²) in [6, 6.07) is 14.5. The van der Waals surface area contributed by atoms with Crippen LogP contribution in [0.3, 0.4) is 0 Å². The van der Waals surface area contributed by atoms with E-state index in [1.165, 1.54) is 11.8 Å². The number of rotatable bonds is 5. The minimum atomic E-state index is -1.04. The molecule has 1 spiro atoms. The molecule has 0 saturated carbocycles. The van der Waals surface area contributed by atoms with Gasteiger partial charge >= 0.3 is 6.03 Å². The molecule has 0 bridgehead atoms. The number of benzene rings is 2. The van der Waals surface area contributed by atoms with E-state index in [2.05, 4.69) is 5.32 Å². The molecule has 7 nitrogen and oxygen atoms in total. The second-order valence-electron chi connectivity index (χ2n) is 6.77. The van der Waals surface area contributed by atoms with Crippen molar-refractivity contribution < 1.29 is 19.1 Å². The number of para-hydroxylation sites is 1. The Morgan fingerprint density at radius 1 is 1.17 bits per heavy atom. The molecule has 0 aromatic heterocycles. The zero-order valence-electron chi connectivity index (χ0n) is 16.4. The van der Waals surface area contributed by atoms with Crippen molar-refractivity contribution in [3.63, 3.8) is 0 Å². The molecule has 2 aromatic rings. The predicted octanol–water partition coefficient (Wildman–Crippen LogP) is 3.12. The quantitative estimate of drug-likeness (QED) is 0.816. The molecule has 2 heterocycles. The van der Waals surface area contributed by atoms with Crippen LogP contribution in [0.25, 0.3) is 0 Å². The van der Waals surface area contributed by atoms with E-state index in [0.29, 0.717) is 36.9 Å². The number of carbonyl (C=O) groups is 2. The van der Waals surface area contributed by atoms with Gasteiger partial charge in [0.1, 0.15) is 5.75 Å². The van der Waals surface area contributed by atoms with E-state index in [9.17, 15) is 9.59 Å². The van der Waals surface area contributed by atoms with E-state index < -0.39 is 4.87 Å². The average molecular weight is 413 g/mol. The largest absolute Gasteiger partial charge is 0.497 e. The topological polar surface area (TPSA) is 71.1 Å². The Balaban J connectivity index is 1.65. The third-order valence-corrected chi connectivity index (χ3v) is 6.63.